The van der Waals surface area contributed by atoms with Gasteiger partial charge in [-0.05, 0) is 17.7 Å². The zero-order valence-electron chi connectivity index (χ0n) is 9.89. The molecule has 0 saturated heterocycles. The number of alkyl halides is 1. The van der Waals surface area contributed by atoms with Gasteiger partial charge >= 0.3 is 0 Å². The Labute approximate surface area is 121 Å². The van der Waals surface area contributed by atoms with Crippen LogP contribution in [0.2, 0.25) is 5.02 Å². The van der Waals surface area contributed by atoms with E-state index in [4.69, 9.17) is 11.6 Å². The van der Waals surface area contributed by atoms with E-state index in [0.29, 0.717) is 5.02 Å². The monoisotopic (exact) mass is 324 g/mol. The average Bonchev–Trinajstić information content (AvgIpc) is 2.40. The van der Waals surface area contributed by atoms with Crippen LogP contribution in [0.4, 0.5) is 5.82 Å². The van der Waals surface area contributed by atoms with Gasteiger partial charge in [0.25, 0.3) is 0 Å². The zero-order valence-corrected chi connectivity index (χ0v) is 12.2. The summed E-state index contributed by atoms with van der Waals surface area (Å²) in [7, 11) is 0. The number of pyridine rings is 1. The molecular formula is C14H14BrClN2. The van der Waals surface area contributed by atoms with E-state index in [1.165, 1.54) is 5.56 Å². The third kappa shape index (κ3) is 3.72. The normalized spacial score (nSPS) is 10.3. The summed E-state index contributed by atoms with van der Waals surface area (Å²) in [5.41, 5.74) is 1.27. The lowest BCUT2D eigenvalue weighted by Crippen LogP contribution is -2.25. The molecule has 0 spiro atoms. The van der Waals surface area contributed by atoms with E-state index >= 15 is 0 Å². The minimum atomic E-state index is 0.664. The van der Waals surface area contributed by atoms with Crippen molar-refractivity contribution in [3.8, 4) is 0 Å². The summed E-state index contributed by atoms with van der Waals surface area (Å²) in [6.07, 6.45) is 1.68. The second kappa shape index (κ2) is 6.76. The fourth-order valence-corrected chi connectivity index (χ4v) is 2.28. The van der Waals surface area contributed by atoms with Crippen molar-refractivity contribution in [2.45, 2.75) is 6.54 Å². The van der Waals surface area contributed by atoms with E-state index in [2.05, 4.69) is 50.1 Å². The van der Waals surface area contributed by atoms with Crippen LogP contribution in [-0.4, -0.2) is 16.9 Å². The summed E-state index contributed by atoms with van der Waals surface area (Å²) >= 11 is 9.34. The third-order valence-corrected chi connectivity index (χ3v) is 3.18. The van der Waals surface area contributed by atoms with Gasteiger partial charge in [-0.15, -0.1) is 0 Å². The Morgan fingerprint density at radius 1 is 1.11 bits per heavy atom. The highest BCUT2D eigenvalue weighted by atomic mass is 79.9. The molecular weight excluding hydrogens is 312 g/mol. The lowest BCUT2D eigenvalue weighted by molar-refractivity contribution is 0.821. The van der Waals surface area contributed by atoms with Crippen molar-refractivity contribution in [2.24, 2.45) is 0 Å². The Bertz CT molecular complexity index is 473. The fourth-order valence-electron chi connectivity index (χ4n) is 1.74. The van der Waals surface area contributed by atoms with E-state index in [9.17, 15) is 0 Å². The van der Waals surface area contributed by atoms with E-state index in [0.717, 1.165) is 24.2 Å². The van der Waals surface area contributed by atoms with Crippen LogP contribution in [0.25, 0.3) is 0 Å². The lowest BCUT2D eigenvalue weighted by Gasteiger charge is -2.22. The van der Waals surface area contributed by atoms with Crippen molar-refractivity contribution in [3.63, 3.8) is 0 Å². The van der Waals surface area contributed by atoms with Gasteiger partial charge in [-0.1, -0.05) is 57.9 Å². The van der Waals surface area contributed by atoms with Crippen molar-refractivity contribution in [1.29, 1.82) is 0 Å². The summed E-state index contributed by atoms with van der Waals surface area (Å²) in [6.45, 7) is 1.75. The van der Waals surface area contributed by atoms with Crippen molar-refractivity contribution in [3.05, 3.63) is 59.2 Å². The first-order valence-electron chi connectivity index (χ1n) is 5.76. The molecule has 4 heteroatoms. The standard InChI is InChI=1S/C14H14BrClN2/c15-8-9-18(11-12-4-2-1-3-5-12)14-7-6-13(16)10-17-14/h1-7,10H,8-9,11H2. The molecule has 0 unspecified atom stereocenters. The second-order valence-electron chi connectivity index (χ2n) is 3.93. The predicted octanol–water partition coefficient (Wildman–Crippen LogP) is 4.14. The molecule has 0 radical (unpaired) electrons. The molecule has 0 amide bonds. The molecule has 94 valence electrons. The molecule has 2 aromatic rings. The average molecular weight is 326 g/mol. The molecule has 0 aliphatic carbocycles. The Balaban J connectivity index is 2.15. The van der Waals surface area contributed by atoms with Gasteiger partial charge in [-0.2, -0.15) is 0 Å². The zero-order chi connectivity index (χ0) is 12.8. The highest BCUT2D eigenvalue weighted by molar-refractivity contribution is 9.09. The maximum atomic E-state index is 5.86. The van der Waals surface area contributed by atoms with Crippen molar-refractivity contribution in [1.82, 2.24) is 4.98 Å². The van der Waals surface area contributed by atoms with E-state index < -0.39 is 0 Å². The molecule has 0 N–H and O–H groups in total. The number of halogens is 2. The topological polar surface area (TPSA) is 16.1 Å². The van der Waals surface area contributed by atoms with Crippen LogP contribution in [0.3, 0.4) is 0 Å². The maximum Gasteiger partial charge on any atom is 0.128 e. The van der Waals surface area contributed by atoms with E-state index in [1.54, 1.807) is 6.20 Å². The van der Waals surface area contributed by atoms with Gasteiger partial charge in [0.2, 0.25) is 0 Å². The predicted molar refractivity (Wildman–Crippen MR) is 80.5 cm³/mol. The summed E-state index contributed by atoms with van der Waals surface area (Å²) in [5.74, 6) is 0.947. The van der Waals surface area contributed by atoms with Crippen molar-refractivity contribution in [2.75, 3.05) is 16.8 Å². The van der Waals surface area contributed by atoms with Gasteiger partial charge in [0, 0.05) is 24.6 Å². The molecule has 0 aliphatic heterocycles. The molecule has 0 bridgehead atoms. The van der Waals surface area contributed by atoms with Crippen molar-refractivity contribution >= 4 is 33.3 Å². The largest absolute Gasteiger partial charge is 0.351 e. The van der Waals surface area contributed by atoms with Crippen LogP contribution in [0.1, 0.15) is 5.56 Å². The van der Waals surface area contributed by atoms with Crippen molar-refractivity contribution < 1.29 is 0 Å². The Hall–Kier alpha value is -1.06. The first-order chi connectivity index (χ1) is 8.79. The first-order valence-corrected chi connectivity index (χ1v) is 7.26. The quantitative estimate of drug-likeness (QED) is 0.768. The summed E-state index contributed by atoms with van der Waals surface area (Å²) in [4.78, 5) is 6.59. The molecule has 0 saturated carbocycles. The number of benzene rings is 1. The first kappa shape index (κ1) is 13.4. The van der Waals surface area contributed by atoms with Gasteiger partial charge in [0.1, 0.15) is 5.82 Å². The number of hydrogen-bond acceptors (Lipinski definition) is 2. The Morgan fingerprint density at radius 3 is 2.50 bits per heavy atom. The molecule has 18 heavy (non-hydrogen) atoms. The highest BCUT2D eigenvalue weighted by Crippen LogP contribution is 2.17. The minimum absolute atomic E-state index is 0.664. The molecule has 0 atom stereocenters. The fraction of sp³-hybridized carbons (Fsp3) is 0.214. The molecule has 0 fully saturated rings. The number of anilines is 1. The second-order valence-corrected chi connectivity index (χ2v) is 5.16. The lowest BCUT2D eigenvalue weighted by atomic mass is 10.2. The van der Waals surface area contributed by atoms with Crippen LogP contribution in [0, 0.1) is 0 Å². The van der Waals surface area contributed by atoms with Gasteiger partial charge in [0.15, 0.2) is 0 Å². The van der Waals surface area contributed by atoms with Crippen LogP contribution in [-0.2, 0) is 6.54 Å². The summed E-state index contributed by atoms with van der Waals surface area (Å²) in [6, 6.07) is 14.2. The molecule has 0 aliphatic rings. The summed E-state index contributed by atoms with van der Waals surface area (Å²) < 4.78 is 0. The number of rotatable bonds is 5. The van der Waals surface area contributed by atoms with Gasteiger partial charge in [-0.3, -0.25) is 0 Å². The van der Waals surface area contributed by atoms with Gasteiger partial charge in [-0.25, -0.2) is 4.98 Å². The molecule has 1 aromatic heterocycles. The van der Waals surface area contributed by atoms with Gasteiger partial charge in [0.05, 0.1) is 5.02 Å². The molecule has 2 rings (SSSR count). The van der Waals surface area contributed by atoms with E-state index in [-0.39, 0.29) is 0 Å². The number of nitrogens with zero attached hydrogens (tertiary/aromatic N) is 2. The third-order valence-electron chi connectivity index (χ3n) is 2.61. The number of hydrogen-bond donors (Lipinski definition) is 0. The van der Waals surface area contributed by atoms with E-state index in [1.807, 2.05) is 18.2 Å². The molecule has 2 nitrogen and oxygen atoms in total. The molecule has 1 aromatic carbocycles. The Morgan fingerprint density at radius 2 is 1.89 bits per heavy atom. The SMILES string of the molecule is Clc1ccc(N(CCBr)Cc2ccccc2)nc1. The Kier molecular flexibility index (Phi) is 5.02. The smallest absolute Gasteiger partial charge is 0.128 e. The van der Waals surface area contributed by atoms with Crippen LogP contribution < -0.4 is 4.90 Å². The highest BCUT2D eigenvalue weighted by Gasteiger charge is 2.07. The maximum absolute atomic E-state index is 5.86. The van der Waals surface area contributed by atoms with Crippen LogP contribution in [0.5, 0.6) is 0 Å². The van der Waals surface area contributed by atoms with Crippen LogP contribution in [0.15, 0.2) is 48.7 Å². The van der Waals surface area contributed by atoms with Gasteiger partial charge < -0.3 is 4.90 Å². The molecule has 1 heterocycles. The number of aromatic nitrogens is 1. The minimum Gasteiger partial charge on any atom is -0.351 e. The summed E-state index contributed by atoms with van der Waals surface area (Å²) in [5, 5.41) is 1.57. The van der Waals surface area contributed by atoms with Crippen LogP contribution >= 0.6 is 27.5 Å².